The van der Waals surface area contributed by atoms with Crippen LogP contribution in [0.1, 0.15) is 103 Å². The summed E-state index contributed by atoms with van der Waals surface area (Å²) in [5.41, 5.74) is 2.50. The summed E-state index contributed by atoms with van der Waals surface area (Å²) in [6, 6.07) is 1.90. The molecule has 1 aromatic rings. The van der Waals surface area contributed by atoms with E-state index in [1.165, 1.54) is 38.5 Å². The molecule has 3 N–H and O–H groups in total. The quantitative estimate of drug-likeness (QED) is 0.292. The Labute approximate surface area is 165 Å². The molecular weight excluding hydrogens is 336 g/mol. The summed E-state index contributed by atoms with van der Waals surface area (Å²) in [6.07, 6.45) is 13.4. The molecular formula is C24H40O3. The van der Waals surface area contributed by atoms with E-state index in [-0.39, 0.29) is 17.2 Å². The van der Waals surface area contributed by atoms with E-state index in [0.717, 1.165) is 49.7 Å². The summed E-state index contributed by atoms with van der Waals surface area (Å²) < 4.78 is 0. The van der Waals surface area contributed by atoms with Crippen LogP contribution in [0, 0.1) is 10.8 Å². The van der Waals surface area contributed by atoms with Gasteiger partial charge in [-0.1, -0.05) is 53.4 Å². The van der Waals surface area contributed by atoms with Crippen molar-refractivity contribution in [2.45, 2.75) is 105 Å². The summed E-state index contributed by atoms with van der Waals surface area (Å²) in [5.74, 6) is -0.625. The fourth-order valence-electron chi connectivity index (χ4n) is 3.80. The third-order valence-electron chi connectivity index (χ3n) is 6.11. The van der Waals surface area contributed by atoms with Crippen molar-refractivity contribution in [2.24, 2.45) is 10.8 Å². The van der Waals surface area contributed by atoms with Gasteiger partial charge in [-0.3, -0.25) is 0 Å². The van der Waals surface area contributed by atoms with Crippen LogP contribution in [-0.4, -0.2) is 15.3 Å². The maximum atomic E-state index is 10.2. The second kappa shape index (κ2) is 9.21. The molecule has 1 saturated carbocycles. The van der Waals surface area contributed by atoms with Gasteiger partial charge in [0.15, 0.2) is 11.5 Å². The molecule has 1 aromatic carbocycles. The van der Waals surface area contributed by atoms with E-state index >= 15 is 0 Å². The van der Waals surface area contributed by atoms with Gasteiger partial charge >= 0.3 is 0 Å². The molecule has 0 bridgehead atoms. The van der Waals surface area contributed by atoms with Crippen LogP contribution in [0.3, 0.4) is 0 Å². The standard InChI is InChI=1S/C24H40O3/c1-23(2,3)13-9-6-5-7-11-18-17-19(21(26)22(27)20(18)25)12-8-10-14-24(4)15-16-24/h17,25-27H,5-16H2,1-4H3. The minimum atomic E-state index is -0.343. The molecule has 0 aliphatic heterocycles. The summed E-state index contributed by atoms with van der Waals surface area (Å²) in [4.78, 5) is 0. The zero-order valence-electron chi connectivity index (χ0n) is 17.9. The molecule has 0 radical (unpaired) electrons. The van der Waals surface area contributed by atoms with Crippen molar-refractivity contribution in [3.8, 4) is 17.2 Å². The van der Waals surface area contributed by atoms with Gasteiger partial charge in [0.25, 0.3) is 0 Å². The molecule has 0 amide bonds. The Balaban J connectivity index is 1.81. The molecule has 2 rings (SSSR count). The zero-order chi connectivity index (χ0) is 20.1. The first-order valence-corrected chi connectivity index (χ1v) is 10.9. The topological polar surface area (TPSA) is 60.7 Å². The number of hydrogen-bond donors (Lipinski definition) is 3. The fourth-order valence-corrected chi connectivity index (χ4v) is 3.80. The second-order valence-electron chi connectivity index (χ2n) is 10.2. The SMILES string of the molecule is CC(C)(C)CCCCCCc1cc(CCCCC2(C)CC2)c(O)c(O)c1O. The molecule has 3 heteroatoms. The third-order valence-corrected chi connectivity index (χ3v) is 6.11. The van der Waals surface area contributed by atoms with Crippen molar-refractivity contribution in [3.63, 3.8) is 0 Å². The number of hydrogen-bond acceptors (Lipinski definition) is 3. The van der Waals surface area contributed by atoms with Crippen LogP contribution in [-0.2, 0) is 12.8 Å². The Morgan fingerprint density at radius 3 is 1.81 bits per heavy atom. The molecule has 0 heterocycles. The Morgan fingerprint density at radius 1 is 0.778 bits per heavy atom. The molecule has 0 spiro atoms. The number of benzene rings is 1. The van der Waals surface area contributed by atoms with Gasteiger partial charge in [0.2, 0.25) is 5.75 Å². The van der Waals surface area contributed by atoms with E-state index in [0.29, 0.717) is 10.8 Å². The van der Waals surface area contributed by atoms with Gasteiger partial charge in [-0.15, -0.1) is 0 Å². The van der Waals surface area contributed by atoms with Gasteiger partial charge in [0.05, 0.1) is 0 Å². The molecule has 0 saturated heterocycles. The van der Waals surface area contributed by atoms with Crippen molar-refractivity contribution in [2.75, 3.05) is 0 Å². The van der Waals surface area contributed by atoms with E-state index in [4.69, 9.17) is 0 Å². The summed E-state index contributed by atoms with van der Waals surface area (Å²) >= 11 is 0. The maximum absolute atomic E-state index is 10.2. The first-order valence-electron chi connectivity index (χ1n) is 10.9. The Kier molecular flexibility index (Phi) is 7.47. The predicted octanol–water partition coefficient (Wildman–Crippen LogP) is 6.86. The third kappa shape index (κ3) is 7.27. The molecule has 0 unspecified atom stereocenters. The van der Waals surface area contributed by atoms with Crippen LogP contribution in [0.15, 0.2) is 6.07 Å². The second-order valence-corrected chi connectivity index (χ2v) is 10.2. The van der Waals surface area contributed by atoms with E-state index in [9.17, 15) is 15.3 Å². The molecule has 1 fully saturated rings. The smallest absolute Gasteiger partial charge is 0.200 e. The lowest BCUT2D eigenvalue weighted by molar-refractivity contribution is 0.355. The first-order chi connectivity index (χ1) is 12.6. The highest BCUT2D eigenvalue weighted by Gasteiger charge is 2.35. The highest BCUT2D eigenvalue weighted by Crippen LogP contribution is 2.49. The lowest BCUT2D eigenvalue weighted by Gasteiger charge is -2.17. The van der Waals surface area contributed by atoms with Crippen molar-refractivity contribution in [3.05, 3.63) is 17.2 Å². The number of phenolic OH excluding ortho intramolecular Hbond substituents is 3. The Bertz CT molecular complexity index is 609. The average Bonchev–Trinajstić information content (AvgIpc) is 3.32. The summed E-state index contributed by atoms with van der Waals surface area (Å²) in [7, 11) is 0. The van der Waals surface area contributed by atoms with Crippen LogP contribution < -0.4 is 0 Å². The highest BCUT2D eigenvalue weighted by atomic mass is 16.3. The highest BCUT2D eigenvalue weighted by molar-refractivity contribution is 5.57. The van der Waals surface area contributed by atoms with Crippen molar-refractivity contribution >= 4 is 0 Å². The Hall–Kier alpha value is -1.38. The van der Waals surface area contributed by atoms with Crippen LogP contribution in [0.5, 0.6) is 17.2 Å². The molecule has 1 aliphatic carbocycles. The van der Waals surface area contributed by atoms with E-state index in [1.807, 2.05) is 6.07 Å². The lowest BCUT2D eigenvalue weighted by Crippen LogP contribution is -2.03. The largest absolute Gasteiger partial charge is 0.504 e. The first kappa shape index (κ1) is 21.9. The molecule has 3 nitrogen and oxygen atoms in total. The van der Waals surface area contributed by atoms with Crippen LogP contribution in [0.2, 0.25) is 0 Å². The van der Waals surface area contributed by atoms with Gasteiger partial charge < -0.3 is 15.3 Å². The van der Waals surface area contributed by atoms with Gasteiger partial charge in [0, 0.05) is 0 Å². The van der Waals surface area contributed by atoms with E-state index in [2.05, 4.69) is 27.7 Å². The van der Waals surface area contributed by atoms with Crippen molar-refractivity contribution < 1.29 is 15.3 Å². The van der Waals surface area contributed by atoms with E-state index < -0.39 is 0 Å². The Morgan fingerprint density at radius 2 is 1.30 bits per heavy atom. The number of rotatable bonds is 11. The number of aromatic hydroxyl groups is 3. The number of unbranched alkanes of at least 4 members (excludes halogenated alkanes) is 4. The van der Waals surface area contributed by atoms with Gasteiger partial charge in [-0.05, 0) is 79.4 Å². The van der Waals surface area contributed by atoms with Crippen molar-refractivity contribution in [1.82, 2.24) is 0 Å². The number of aryl methyl sites for hydroxylation is 2. The summed E-state index contributed by atoms with van der Waals surface area (Å²) in [5, 5.41) is 30.5. The molecule has 154 valence electrons. The van der Waals surface area contributed by atoms with Gasteiger partial charge in [-0.2, -0.15) is 0 Å². The van der Waals surface area contributed by atoms with Crippen LogP contribution >= 0.6 is 0 Å². The normalized spacial score (nSPS) is 15.9. The van der Waals surface area contributed by atoms with Gasteiger partial charge in [-0.25, -0.2) is 0 Å². The van der Waals surface area contributed by atoms with Crippen molar-refractivity contribution in [1.29, 1.82) is 0 Å². The fraction of sp³-hybridized carbons (Fsp3) is 0.750. The van der Waals surface area contributed by atoms with Crippen LogP contribution in [0.4, 0.5) is 0 Å². The molecule has 1 aliphatic rings. The minimum absolute atomic E-state index is 0.140. The van der Waals surface area contributed by atoms with Gasteiger partial charge in [0.1, 0.15) is 0 Å². The lowest BCUT2D eigenvalue weighted by atomic mass is 9.89. The minimum Gasteiger partial charge on any atom is -0.504 e. The van der Waals surface area contributed by atoms with E-state index in [1.54, 1.807) is 0 Å². The van der Waals surface area contributed by atoms with Crippen LogP contribution in [0.25, 0.3) is 0 Å². The molecule has 0 aromatic heterocycles. The number of phenols is 3. The predicted molar refractivity (Wildman–Crippen MR) is 113 cm³/mol. The molecule has 0 atom stereocenters. The molecule has 27 heavy (non-hydrogen) atoms. The maximum Gasteiger partial charge on any atom is 0.200 e. The zero-order valence-corrected chi connectivity index (χ0v) is 17.9. The monoisotopic (exact) mass is 376 g/mol. The summed E-state index contributed by atoms with van der Waals surface area (Å²) in [6.45, 7) is 9.17. The average molecular weight is 377 g/mol.